The van der Waals surface area contributed by atoms with Crippen molar-refractivity contribution in [3.8, 4) is 0 Å². The largest absolute Gasteiger partial charge is 0.379 e. The number of halogens is 2. The molecule has 0 radical (unpaired) electrons. The first-order chi connectivity index (χ1) is 15.0. The Kier molecular flexibility index (Phi) is 8.72. The minimum Gasteiger partial charge on any atom is -0.379 e. The molecular weight excluding hydrogens is 437 g/mol. The molecule has 2 aromatic carbocycles. The lowest BCUT2D eigenvalue weighted by Gasteiger charge is -2.27. The maximum absolute atomic E-state index is 13.2. The summed E-state index contributed by atoms with van der Waals surface area (Å²) in [5, 5.41) is 3.61. The van der Waals surface area contributed by atoms with Crippen LogP contribution in [0.2, 0.25) is 10.0 Å². The van der Waals surface area contributed by atoms with Gasteiger partial charge in [0, 0.05) is 36.8 Å². The molecule has 0 saturated carbocycles. The number of nitrogens with one attached hydrogen (secondary N) is 1. The van der Waals surface area contributed by atoms with Gasteiger partial charge in [-0.05, 0) is 42.3 Å². The predicted octanol–water partition coefficient (Wildman–Crippen LogP) is 4.32. The second-order valence-corrected chi connectivity index (χ2v) is 8.33. The van der Waals surface area contributed by atoms with E-state index >= 15 is 0 Å². The Bertz CT molecular complexity index is 917. The van der Waals surface area contributed by atoms with Gasteiger partial charge in [0.1, 0.15) is 6.54 Å². The molecule has 3 rings (SSSR count). The molecule has 0 bridgehead atoms. The number of carbonyl (C=O) groups is 2. The Hall–Kier alpha value is -2.12. The highest BCUT2D eigenvalue weighted by Gasteiger charge is 2.20. The summed E-state index contributed by atoms with van der Waals surface area (Å²) in [7, 11) is 0. The van der Waals surface area contributed by atoms with Crippen LogP contribution < -0.4 is 5.32 Å². The average Bonchev–Trinajstić information content (AvgIpc) is 2.76. The highest BCUT2D eigenvalue weighted by atomic mass is 35.5. The van der Waals surface area contributed by atoms with Gasteiger partial charge in [0.25, 0.3) is 5.91 Å². The third-order valence-electron chi connectivity index (χ3n) is 5.00. The van der Waals surface area contributed by atoms with Gasteiger partial charge in [0.05, 0.1) is 23.9 Å². The van der Waals surface area contributed by atoms with Crippen LogP contribution in [-0.4, -0.2) is 61.0 Å². The van der Waals surface area contributed by atoms with Crippen LogP contribution in [0.1, 0.15) is 29.3 Å². The van der Waals surface area contributed by atoms with Crippen molar-refractivity contribution in [2.45, 2.75) is 19.9 Å². The highest BCUT2D eigenvalue weighted by Crippen LogP contribution is 2.25. The van der Waals surface area contributed by atoms with Crippen LogP contribution in [0, 0.1) is 0 Å². The maximum atomic E-state index is 13.2. The van der Waals surface area contributed by atoms with Crippen LogP contribution in [0.3, 0.4) is 0 Å². The fourth-order valence-electron chi connectivity index (χ4n) is 3.48. The van der Waals surface area contributed by atoms with Crippen LogP contribution in [-0.2, 0) is 16.1 Å². The van der Waals surface area contributed by atoms with Crippen LogP contribution in [0.25, 0.3) is 0 Å². The van der Waals surface area contributed by atoms with E-state index in [4.69, 9.17) is 27.9 Å². The van der Waals surface area contributed by atoms with E-state index in [0.29, 0.717) is 27.8 Å². The number of hydrogen-bond acceptors (Lipinski definition) is 4. The third-order valence-corrected chi connectivity index (χ3v) is 5.57. The fourth-order valence-corrected chi connectivity index (χ4v) is 3.82. The van der Waals surface area contributed by atoms with Crippen molar-refractivity contribution < 1.29 is 14.3 Å². The summed E-state index contributed by atoms with van der Waals surface area (Å²) in [6.07, 6.45) is 0.740. The summed E-state index contributed by atoms with van der Waals surface area (Å²) >= 11 is 12.1. The molecule has 1 aliphatic heterocycles. The van der Waals surface area contributed by atoms with Crippen LogP contribution in [0.5, 0.6) is 0 Å². The van der Waals surface area contributed by atoms with E-state index in [2.05, 4.69) is 10.2 Å². The van der Waals surface area contributed by atoms with Crippen LogP contribution >= 0.6 is 23.2 Å². The summed E-state index contributed by atoms with van der Waals surface area (Å²) in [5.41, 5.74) is 2.07. The number of nitrogens with zero attached hydrogens (tertiary/aromatic N) is 2. The second-order valence-electron chi connectivity index (χ2n) is 7.49. The number of morpholine rings is 1. The van der Waals surface area contributed by atoms with Crippen molar-refractivity contribution in [1.29, 1.82) is 0 Å². The van der Waals surface area contributed by atoms with E-state index in [-0.39, 0.29) is 18.4 Å². The molecule has 1 aliphatic rings. The highest BCUT2D eigenvalue weighted by molar-refractivity contribution is 6.35. The van der Waals surface area contributed by atoms with Crippen molar-refractivity contribution in [1.82, 2.24) is 9.80 Å². The molecule has 0 unspecified atom stereocenters. The van der Waals surface area contributed by atoms with E-state index in [1.165, 1.54) is 0 Å². The van der Waals surface area contributed by atoms with Gasteiger partial charge >= 0.3 is 0 Å². The number of benzene rings is 2. The molecule has 2 amide bonds. The Morgan fingerprint density at radius 2 is 1.90 bits per heavy atom. The van der Waals surface area contributed by atoms with Crippen LogP contribution in [0.4, 0.5) is 5.69 Å². The Labute approximate surface area is 193 Å². The smallest absolute Gasteiger partial charge is 0.254 e. The van der Waals surface area contributed by atoms with Gasteiger partial charge < -0.3 is 15.0 Å². The molecule has 0 atom stereocenters. The summed E-state index contributed by atoms with van der Waals surface area (Å²) in [6.45, 7) is 6.38. The minimum absolute atomic E-state index is 0.0663. The molecule has 8 heteroatoms. The van der Waals surface area contributed by atoms with Gasteiger partial charge in [-0.25, -0.2) is 0 Å². The van der Waals surface area contributed by atoms with Crippen LogP contribution in [0.15, 0.2) is 42.5 Å². The monoisotopic (exact) mass is 463 g/mol. The molecule has 0 aromatic heterocycles. The van der Waals surface area contributed by atoms with Gasteiger partial charge in [-0.2, -0.15) is 0 Å². The van der Waals surface area contributed by atoms with E-state index < -0.39 is 0 Å². The molecule has 2 aromatic rings. The Morgan fingerprint density at radius 1 is 1.13 bits per heavy atom. The van der Waals surface area contributed by atoms with Gasteiger partial charge in [-0.1, -0.05) is 42.3 Å². The van der Waals surface area contributed by atoms with E-state index in [9.17, 15) is 9.59 Å². The number of ether oxygens (including phenoxy) is 1. The van der Waals surface area contributed by atoms with Gasteiger partial charge in [-0.15, -0.1) is 0 Å². The molecule has 6 nitrogen and oxygen atoms in total. The number of hydrogen-bond donors (Lipinski definition) is 1. The average molecular weight is 464 g/mol. The zero-order valence-corrected chi connectivity index (χ0v) is 19.1. The lowest BCUT2D eigenvalue weighted by molar-refractivity contribution is -0.116. The molecule has 1 fully saturated rings. The molecule has 1 heterocycles. The summed E-state index contributed by atoms with van der Waals surface area (Å²) in [5.74, 6) is -0.492. The number of rotatable bonds is 8. The molecule has 0 spiro atoms. The topological polar surface area (TPSA) is 61.9 Å². The Balaban J connectivity index is 1.67. The third kappa shape index (κ3) is 6.94. The molecule has 31 heavy (non-hydrogen) atoms. The lowest BCUT2D eigenvalue weighted by Crippen LogP contribution is -2.38. The quantitative estimate of drug-likeness (QED) is 0.633. The fraction of sp³-hybridized carbons (Fsp3) is 0.391. The SMILES string of the molecule is CCCN(CC(=O)Nc1cc(Cl)ccc1Cl)C(=O)c1cccc(CN2CCOCC2)c1. The standard InChI is InChI=1S/C23H27Cl2N3O3/c1-2-8-28(16-22(29)26-21-14-19(24)6-7-20(21)25)23(30)18-5-3-4-17(13-18)15-27-9-11-31-12-10-27/h3-7,13-14H,2,8-12,15-16H2,1H3,(H,26,29). The first-order valence-corrected chi connectivity index (χ1v) is 11.1. The summed E-state index contributed by atoms with van der Waals surface area (Å²) in [6, 6.07) is 12.5. The minimum atomic E-state index is -0.324. The van der Waals surface area contributed by atoms with Crippen molar-refractivity contribution in [3.05, 3.63) is 63.6 Å². The lowest BCUT2D eigenvalue weighted by atomic mass is 10.1. The van der Waals surface area contributed by atoms with Crippen molar-refractivity contribution in [2.75, 3.05) is 44.7 Å². The molecule has 1 N–H and O–H groups in total. The molecule has 166 valence electrons. The number of carbonyl (C=O) groups excluding carboxylic acids is 2. The van der Waals surface area contributed by atoms with E-state index in [0.717, 1.165) is 44.8 Å². The van der Waals surface area contributed by atoms with Crippen molar-refractivity contribution >= 4 is 40.7 Å². The zero-order chi connectivity index (χ0) is 22.2. The first-order valence-electron chi connectivity index (χ1n) is 10.4. The maximum Gasteiger partial charge on any atom is 0.254 e. The summed E-state index contributed by atoms with van der Waals surface area (Å²) < 4.78 is 5.40. The molecule has 0 aliphatic carbocycles. The second kappa shape index (κ2) is 11.5. The van der Waals surface area contributed by atoms with E-state index in [1.807, 2.05) is 25.1 Å². The van der Waals surface area contributed by atoms with Crippen molar-refractivity contribution in [2.24, 2.45) is 0 Å². The van der Waals surface area contributed by atoms with E-state index in [1.54, 1.807) is 29.2 Å². The summed E-state index contributed by atoms with van der Waals surface area (Å²) in [4.78, 5) is 29.6. The molecule has 1 saturated heterocycles. The van der Waals surface area contributed by atoms with Gasteiger partial charge in [0.15, 0.2) is 0 Å². The van der Waals surface area contributed by atoms with Gasteiger partial charge in [0.2, 0.25) is 5.91 Å². The predicted molar refractivity (Wildman–Crippen MR) is 124 cm³/mol. The van der Waals surface area contributed by atoms with Gasteiger partial charge in [-0.3, -0.25) is 14.5 Å². The first kappa shape index (κ1) is 23.5. The normalized spacial score (nSPS) is 14.3. The van der Waals surface area contributed by atoms with Crippen molar-refractivity contribution in [3.63, 3.8) is 0 Å². The number of anilines is 1. The Morgan fingerprint density at radius 3 is 2.65 bits per heavy atom. The zero-order valence-electron chi connectivity index (χ0n) is 17.6. The number of amides is 2. The molecular formula is C23H27Cl2N3O3.